The summed E-state index contributed by atoms with van der Waals surface area (Å²) >= 11 is 5.70. The summed E-state index contributed by atoms with van der Waals surface area (Å²) in [5.41, 5.74) is 12.4. The van der Waals surface area contributed by atoms with E-state index >= 15 is 0 Å². The third-order valence-corrected chi connectivity index (χ3v) is 6.25. The summed E-state index contributed by atoms with van der Waals surface area (Å²) in [5, 5.41) is 3.70. The van der Waals surface area contributed by atoms with Crippen LogP contribution in [-0.4, -0.2) is 14.2 Å². The molecule has 174 valence electrons. The molecule has 0 aliphatic rings. The van der Waals surface area contributed by atoms with Crippen LogP contribution in [0.2, 0.25) is 0 Å². The summed E-state index contributed by atoms with van der Waals surface area (Å²) in [4.78, 5) is 4.94. The molecule has 0 fully saturated rings. The van der Waals surface area contributed by atoms with Crippen LogP contribution in [0.25, 0.3) is 11.4 Å². The van der Waals surface area contributed by atoms with Gasteiger partial charge < -0.3 is 5.32 Å². The average Bonchev–Trinajstić information content (AvgIpc) is 3.11. The van der Waals surface area contributed by atoms with E-state index in [2.05, 4.69) is 112 Å². The summed E-state index contributed by atoms with van der Waals surface area (Å²) in [6, 6.07) is 17.0. The summed E-state index contributed by atoms with van der Waals surface area (Å²) in [6.45, 7) is 14.9. The Morgan fingerprint density at radius 2 is 1.06 bits per heavy atom. The molecule has 0 atom stereocenters. The third kappa shape index (κ3) is 4.75. The van der Waals surface area contributed by atoms with Crippen LogP contribution in [0.3, 0.4) is 0 Å². The molecule has 0 radical (unpaired) electrons. The Morgan fingerprint density at radius 1 is 0.647 bits per heavy atom. The van der Waals surface area contributed by atoms with E-state index in [4.69, 9.17) is 17.2 Å². The first-order chi connectivity index (χ1) is 16.1. The van der Waals surface area contributed by atoms with Crippen molar-refractivity contribution in [2.24, 2.45) is 4.99 Å². The Hall–Kier alpha value is -3.44. The van der Waals surface area contributed by atoms with E-state index in [0.29, 0.717) is 5.11 Å². The molecule has 3 aromatic carbocycles. The van der Waals surface area contributed by atoms with E-state index in [1.54, 1.807) is 0 Å². The van der Waals surface area contributed by atoms with Gasteiger partial charge in [0.2, 0.25) is 10.7 Å². The quantitative estimate of drug-likeness (QED) is 0.339. The van der Waals surface area contributed by atoms with E-state index in [1.165, 1.54) is 38.9 Å². The molecule has 0 aliphatic carbocycles. The maximum atomic E-state index is 5.70. The molecule has 0 bridgehead atoms. The number of nitrogens with one attached hydrogen (secondary N) is 1. The molecule has 0 aliphatic heterocycles. The van der Waals surface area contributed by atoms with Gasteiger partial charge in [-0.2, -0.15) is 4.99 Å². The molecule has 0 unspecified atom stereocenters. The number of hydrogen-bond donors (Lipinski definition) is 1. The average molecular weight is 469 g/mol. The predicted molar refractivity (Wildman–Crippen MR) is 146 cm³/mol. The molecule has 4 nitrogen and oxygen atoms in total. The fraction of sp³-hybridized carbons (Fsp3) is 0.241. The summed E-state index contributed by atoms with van der Waals surface area (Å²) in [6.07, 6.45) is 4.16. The Kier molecular flexibility index (Phi) is 6.58. The van der Waals surface area contributed by atoms with Gasteiger partial charge in [-0.15, -0.1) is 0 Å². The molecule has 5 heteroatoms. The van der Waals surface area contributed by atoms with E-state index in [0.717, 1.165) is 22.7 Å². The summed E-state index contributed by atoms with van der Waals surface area (Å²) < 4.78 is 4.29. The molecule has 0 amide bonds. The topological polar surface area (TPSA) is 34.2 Å². The molecule has 4 aromatic rings. The standard InChI is InChI=1S/C29H32N4S/c1-18-8-10-25(11-9-18)30-28(34)31-29-32(26-21(4)14-19(2)15-22(26)5)12-13-33(29)27-23(6)16-20(3)17-24(27)7/h8-17H,1-7H3,(H,30,34). The largest absolute Gasteiger partial charge is 0.331 e. The van der Waals surface area contributed by atoms with Gasteiger partial charge in [-0.1, -0.05) is 53.1 Å². The Morgan fingerprint density at radius 3 is 1.47 bits per heavy atom. The van der Waals surface area contributed by atoms with Gasteiger partial charge in [0.25, 0.3) is 0 Å². The van der Waals surface area contributed by atoms with E-state index in [-0.39, 0.29) is 0 Å². The van der Waals surface area contributed by atoms with Crippen molar-refractivity contribution in [2.75, 3.05) is 5.32 Å². The number of imidazole rings is 1. The van der Waals surface area contributed by atoms with E-state index in [1.807, 2.05) is 12.1 Å². The summed E-state index contributed by atoms with van der Waals surface area (Å²) in [7, 11) is 0. The van der Waals surface area contributed by atoms with Gasteiger partial charge in [-0.05, 0) is 95.1 Å². The predicted octanol–water partition coefficient (Wildman–Crippen LogP) is 6.72. The number of anilines is 1. The van der Waals surface area contributed by atoms with Crippen LogP contribution in [0.1, 0.15) is 38.9 Å². The maximum absolute atomic E-state index is 5.70. The Bertz CT molecular complexity index is 1330. The lowest BCUT2D eigenvalue weighted by Crippen LogP contribution is -2.28. The molecule has 0 saturated carbocycles. The number of hydrogen-bond acceptors (Lipinski definition) is 1. The fourth-order valence-electron chi connectivity index (χ4n) is 4.82. The zero-order chi connectivity index (χ0) is 24.6. The number of aryl methyl sites for hydroxylation is 7. The summed E-state index contributed by atoms with van der Waals surface area (Å²) in [5.74, 6) is 0. The van der Waals surface area contributed by atoms with Gasteiger partial charge in [-0.3, -0.25) is 9.13 Å². The van der Waals surface area contributed by atoms with Crippen LogP contribution in [0.5, 0.6) is 0 Å². The van der Waals surface area contributed by atoms with Gasteiger partial charge in [0, 0.05) is 18.1 Å². The molecule has 1 heterocycles. The van der Waals surface area contributed by atoms with Crippen LogP contribution in [0.4, 0.5) is 5.69 Å². The molecule has 0 saturated heterocycles. The molecule has 0 spiro atoms. The molecule has 1 N–H and O–H groups in total. The monoisotopic (exact) mass is 468 g/mol. The van der Waals surface area contributed by atoms with Crippen molar-refractivity contribution in [1.29, 1.82) is 0 Å². The first-order valence-corrected chi connectivity index (χ1v) is 11.9. The maximum Gasteiger partial charge on any atom is 0.221 e. The van der Waals surface area contributed by atoms with Crippen molar-refractivity contribution in [3.05, 3.63) is 105 Å². The van der Waals surface area contributed by atoms with E-state index < -0.39 is 0 Å². The zero-order valence-electron chi connectivity index (χ0n) is 21.0. The van der Waals surface area contributed by atoms with Crippen molar-refractivity contribution >= 4 is 23.0 Å². The SMILES string of the molecule is Cc1ccc(NC(=S)N=c2n(-c3c(C)cc(C)cc3C)ccn2-c2c(C)cc(C)cc2C)cc1. The van der Waals surface area contributed by atoms with Gasteiger partial charge in [-0.25, -0.2) is 0 Å². The number of rotatable bonds is 3. The Labute approximate surface area is 207 Å². The molecule has 4 rings (SSSR count). The van der Waals surface area contributed by atoms with Gasteiger partial charge >= 0.3 is 0 Å². The van der Waals surface area contributed by atoms with Crippen molar-refractivity contribution in [3.8, 4) is 11.4 Å². The first kappa shape index (κ1) is 23.7. The lowest BCUT2D eigenvalue weighted by atomic mass is 10.0. The minimum atomic E-state index is 0.419. The lowest BCUT2D eigenvalue weighted by Gasteiger charge is -2.15. The Balaban J connectivity index is 1.94. The highest BCUT2D eigenvalue weighted by molar-refractivity contribution is 7.80. The van der Waals surface area contributed by atoms with Crippen LogP contribution < -0.4 is 10.9 Å². The van der Waals surface area contributed by atoms with Crippen LogP contribution >= 0.6 is 12.2 Å². The van der Waals surface area contributed by atoms with Crippen molar-refractivity contribution in [3.63, 3.8) is 0 Å². The minimum absolute atomic E-state index is 0.419. The van der Waals surface area contributed by atoms with Crippen LogP contribution in [0, 0.1) is 48.5 Å². The van der Waals surface area contributed by atoms with Crippen molar-refractivity contribution < 1.29 is 0 Å². The van der Waals surface area contributed by atoms with Crippen LogP contribution in [-0.2, 0) is 0 Å². The highest BCUT2D eigenvalue weighted by Crippen LogP contribution is 2.23. The molecule has 1 aromatic heterocycles. The molecular formula is C29H32N4S. The number of thiocarbonyl (C=S) groups is 1. The minimum Gasteiger partial charge on any atom is -0.331 e. The van der Waals surface area contributed by atoms with Gasteiger partial charge in [0.15, 0.2) is 0 Å². The highest BCUT2D eigenvalue weighted by atomic mass is 32.1. The highest BCUT2D eigenvalue weighted by Gasteiger charge is 2.15. The van der Waals surface area contributed by atoms with Gasteiger partial charge in [0.05, 0.1) is 11.4 Å². The number of benzene rings is 3. The number of nitrogens with zero attached hydrogens (tertiary/aromatic N) is 3. The second-order valence-electron chi connectivity index (χ2n) is 9.24. The van der Waals surface area contributed by atoms with E-state index in [9.17, 15) is 0 Å². The van der Waals surface area contributed by atoms with Crippen molar-refractivity contribution in [1.82, 2.24) is 9.13 Å². The third-order valence-electron chi connectivity index (χ3n) is 6.05. The fourth-order valence-corrected chi connectivity index (χ4v) is 5.02. The first-order valence-electron chi connectivity index (χ1n) is 11.5. The second-order valence-corrected chi connectivity index (χ2v) is 9.63. The van der Waals surface area contributed by atoms with Gasteiger partial charge in [0.1, 0.15) is 0 Å². The lowest BCUT2D eigenvalue weighted by molar-refractivity contribution is 0.854. The zero-order valence-corrected chi connectivity index (χ0v) is 21.8. The molecular weight excluding hydrogens is 436 g/mol. The second kappa shape index (κ2) is 9.43. The van der Waals surface area contributed by atoms with Crippen molar-refractivity contribution in [2.45, 2.75) is 48.5 Å². The van der Waals surface area contributed by atoms with Crippen LogP contribution in [0.15, 0.2) is 65.9 Å². The molecule has 34 heavy (non-hydrogen) atoms. The smallest absolute Gasteiger partial charge is 0.221 e. The normalized spacial score (nSPS) is 10.9. The number of aromatic nitrogens is 2.